The lowest BCUT2D eigenvalue weighted by atomic mass is 10.1. The summed E-state index contributed by atoms with van der Waals surface area (Å²) in [5.74, 6) is 0.934. The normalized spacial score (nSPS) is 14.3. The monoisotopic (exact) mass is 287 g/mol. The van der Waals surface area contributed by atoms with Crippen LogP contribution in [-0.4, -0.2) is 25.7 Å². The maximum Gasteiger partial charge on any atom is 0.269 e. The Bertz CT molecular complexity index is 619. The van der Waals surface area contributed by atoms with Gasteiger partial charge in [0.2, 0.25) is 0 Å². The molecule has 0 aliphatic heterocycles. The number of hydrogen-bond acceptors (Lipinski definition) is 5. The molecular formula is C14H17N5O2. The van der Waals surface area contributed by atoms with E-state index in [1.165, 1.54) is 25.0 Å². The molecule has 1 saturated carbocycles. The standard InChI is InChI=1S/C14H17N5O2/c20-19(21)13-5-1-11(2-6-13)7-8-18-14(16-10-17-18)9-15-12-3-4-12/h1-2,5-6,10,12,15H,3-4,7-9H2. The van der Waals surface area contributed by atoms with Gasteiger partial charge in [0.05, 0.1) is 11.5 Å². The van der Waals surface area contributed by atoms with Crippen molar-refractivity contribution < 1.29 is 4.92 Å². The highest BCUT2D eigenvalue weighted by Crippen LogP contribution is 2.19. The molecule has 3 rings (SSSR count). The molecule has 0 saturated heterocycles. The van der Waals surface area contributed by atoms with Gasteiger partial charge in [-0.15, -0.1) is 0 Å². The van der Waals surface area contributed by atoms with Gasteiger partial charge in [-0.1, -0.05) is 12.1 Å². The summed E-state index contributed by atoms with van der Waals surface area (Å²) in [6, 6.07) is 7.29. The Morgan fingerprint density at radius 1 is 1.33 bits per heavy atom. The van der Waals surface area contributed by atoms with E-state index in [0.717, 1.165) is 30.9 Å². The number of rotatable bonds is 7. The van der Waals surface area contributed by atoms with E-state index in [-0.39, 0.29) is 10.6 Å². The molecule has 0 radical (unpaired) electrons. The Balaban J connectivity index is 1.56. The summed E-state index contributed by atoms with van der Waals surface area (Å²) in [5, 5.41) is 18.3. The molecule has 0 amide bonds. The highest BCUT2D eigenvalue weighted by molar-refractivity contribution is 5.32. The van der Waals surface area contributed by atoms with E-state index in [0.29, 0.717) is 6.04 Å². The predicted octanol–water partition coefficient (Wildman–Crippen LogP) is 1.68. The SMILES string of the molecule is O=[N+]([O-])c1ccc(CCn2ncnc2CNC2CC2)cc1. The van der Waals surface area contributed by atoms with E-state index in [9.17, 15) is 10.1 Å². The summed E-state index contributed by atoms with van der Waals surface area (Å²) >= 11 is 0. The van der Waals surface area contributed by atoms with Gasteiger partial charge in [-0.2, -0.15) is 5.10 Å². The third-order valence-corrected chi connectivity index (χ3v) is 3.58. The van der Waals surface area contributed by atoms with E-state index in [4.69, 9.17) is 0 Å². The summed E-state index contributed by atoms with van der Waals surface area (Å²) < 4.78 is 1.89. The third kappa shape index (κ3) is 3.63. The predicted molar refractivity (Wildman–Crippen MR) is 76.7 cm³/mol. The molecule has 110 valence electrons. The maximum absolute atomic E-state index is 10.6. The van der Waals surface area contributed by atoms with Crippen LogP contribution in [0, 0.1) is 10.1 Å². The maximum atomic E-state index is 10.6. The number of non-ortho nitro benzene ring substituents is 1. The van der Waals surface area contributed by atoms with Crippen molar-refractivity contribution in [3.63, 3.8) is 0 Å². The van der Waals surface area contributed by atoms with Crippen molar-refractivity contribution in [3.8, 4) is 0 Å². The van der Waals surface area contributed by atoms with Crippen LogP contribution in [0.2, 0.25) is 0 Å². The van der Waals surface area contributed by atoms with E-state index in [1.807, 2.05) is 4.68 Å². The van der Waals surface area contributed by atoms with E-state index in [2.05, 4.69) is 15.4 Å². The number of nitro groups is 1. The Labute approximate surface area is 122 Å². The second kappa shape index (κ2) is 6.01. The Morgan fingerprint density at radius 3 is 2.76 bits per heavy atom. The third-order valence-electron chi connectivity index (χ3n) is 3.58. The fraction of sp³-hybridized carbons (Fsp3) is 0.429. The quantitative estimate of drug-likeness (QED) is 0.618. The molecule has 7 nitrogen and oxygen atoms in total. The molecule has 1 fully saturated rings. The van der Waals surface area contributed by atoms with Crippen LogP contribution in [0.5, 0.6) is 0 Å². The van der Waals surface area contributed by atoms with Crippen molar-refractivity contribution in [3.05, 3.63) is 52.1 Å². The molecule has 1 aromatic heterocycles. The lowest BCUT2D eigenvalue weighted by Gasteiger charge is -2.07. The minimum atomic E-state index is -0.386. The highest BCUT2D eigenvalue weighted by Gasteiger charge is 2.20. The Kier molecular flexibility index (Phi) is 3.92. The number of nitrogens with one attached hydrogen (secondary N) is 1. The number of nitro benzene ring substituents is 1. The molecule has 1 aliphatic rings. The minimum Gasteiger partial charge on any atom is -0.307 e. The Morgan fingerprint density at radius 2 is 2.10 bits per heavy atom. The zero-order chi connectivity index (χ0) is 14.7. The van der Waals surface area contributed by atoms with Crippen molar-refractivity contribution >= 4 is 5.69 Å². The molecule has 21 heavy (non-hydrogen) atoms. The zero-order valence-corrected chi connectivity index (χ0v) is 11.6. The van der Waals surface area contributed by atoms with Gasteiger partial charge in [0.15, 0.2) is 0 Å². The van der Waals surface area contributed by atoms with E-state index in [1.54, 1.807) is 18.5 Å². The lowest BCUT2D eigenvalue weighted by molar-refractivity contribution is -0.384. The molecule has 7 heteroatoms. The summed E-state index contributed by atoms with van der Waals surface area (Å²) in [5.41, 5.74) is 1.17. The van der Waals surface area contributed by atoms with Crippen molar-refractivity contribution in [2.75, 3.05) is 0 Å². The van der Waals surface area contributed by atoms with Crippen molar-refractivity contribution in [1.29, 1.82) is 0 Å². The number of nitrogens with zero attached hydrogens (tertiary/aromatic N) is 4. The molecule has 1 aromatic carbocycles. The van der Waals surface area contributed by atoms with Crippen LogP contribution in [0.1, 0.15) is 24.2 Å². The van der Waals surface area contributed by atoms with Crippen molar-refractivity contribution in [1.82, 2.24) is 20.1 Å². The molecule has 1 N–H and O–H groups in total. The van der Waals surface area contributed by atoms with Gasteiger partial charge in [0, 0.05) is 24.7 Å². The second-order valence-corrected chi connectivity index (χ2v) is 5.23. The number of hydrogen-bond donors (Lipinski definition) is 1. The first-order valence-electron chi connectivity index (χ1n) is 7.06. The fourth-order valence-electron chi connectivity index (χ4n) is 2.15. The van der Waals surface area contributed by atoms with Crippen LogP contribution in [-0.2, 0) is 19.5 Å². The van der Waals surface area contributed by atoms with Crippen LogP contribution in [0.4, 0.5) is 5.69 Å². The van der Waals surface area contributed by atoms with Crippen LogP contribution < -0.4 is 5.32 Å². The van der Waals surface area contributed by atoms with Gasteiger partial charge in [-0.3, -0.25) is 10.1 Å². The lowest BCUT2D eigenvalue weighted by Crippen LogP contribution is -2.19. The largest absolute Gasteiger partial charge is 0.307 e. The summed E-state index contributed by atoms with van der Waals surface area (Å²) in [4.78, 5) is 14.5. The Hall–Kier alpha value is -2.28. The van der Waals surface area contributed by atoms with Gasteiger partial charge >= 0.3 is 0 Å². The average molecular weight is 287 g/mol. The minimum absolute atomic E-state index is 0.119. The zero-order valence-electron chi connectivity index (χ0n) is 11.6. The molecule has 0 unspecified atom stereocenters. The molecule has 0 spiro atoms. The van der Waals surface area contributed by atoms with E-state index >= 15 is 0 Å². The van der Waals surface area contributed by atoms with Crippen LogP contribution in [0.15, 0.2) is 30.6 Å². The molecular weight excluding hydrogens is 270 g/mol. The van der Waals surface area contributed by atoms with Gasteiger partial charge in [-0.25, -0.2) is 9.67 Å². The van der Waals surface area contributed by atoms with Crippen LogP contribution in [0.3, 0.4) is 0 Å². The van der Waals surface area contributed by atoms with Gasteiger partial charge in [-0.05, 0) is 24.8 Å². The van der Waals surface area contributed by atoms with E-state index < -0.39 is 0 Å². The van der Waals surface area contributed by atoms with Gasteiger partial charge < -0.3 is 5.32 Å². The molecule has 2 aromatic rings. The van der Waals surface area contributed by atoms with Crippen LogP contribution in [0.25, 0.3) is 0 Å². The summed E-state index contributed by atoms with van der Waals surface area (Å²) in [6.07, 6.45) is 4.84. The molecule has 1 heterocycles. The molecule has 0 bridgehead atoms. The van der Waals surface area contributed by atoms with Gasteiger partial charge in [0.1, 0.15) is 12.2 Å². The average Bonchev–Trinajstić information content (AvgIpc) is 3.21. The summed E-state index contributed by atoms with van der Waals surface area (Å²) in [6.45, 7) is 1.46. The number of benzene rings is 1. The first kappa shape index (κ1) is 13.7. The summed E-state index contributed by atoms with van der Waals surface area (Å²) in [7, 11) is 0. The number of aryl methyl sites for hydroxylation is 2. The molecule has 0 atom stereocenters. The topological polar surface area (TPSA) is 85.9 Å². The molecule has 1 aliphatic carbocycles. The van der Waals surface area contributed by atoms with Gasteiger partial charge in [0.25, 0.3) is 5.69 Å². The smallest absolute Gasteiger partial charge is 0.269 e. The first-order chi connectivity index (χ1) is 10.2. The van der Waals surface area contributed by atoms with Crippen LogP contribution >= 0.6 is 0 Å². The fourth-order valence-corrected chi connectivity index (χ4v) is 2.15. The van der Waals surface area contributed by atoms with Crippen molar-refractivity contribution in [2.45, 2.75) is 38.4 Å². The highest BCUT2D eigenvalue weighted by atomic mass is 16.6. The number of aromatic nitrogens is 3. The first-order valence-corrected chi connectivity index (χ1v) is 7.06. The van der Waals surface area contributed by atoms with Crippen molar-refractivity contribution in [2.24, 2.45) is 0 Å². The second-order valence-electron chi connectivity index (χ2n) is 5.23.